The third kappa shape index (κ3) is 5.47. The molecule has 1 saturated carbocycles. The van der Waals surface area contributed by atoms with Gasteiger partial charge in [-0.15, -0.1) is 0 Å². The average molecular weight is 570 g/mol. The van der Waals surface area contributed by atoms with Crippen LogP contribution in [0.4, 0.5) is 20.3 Å². The van der Waals surface area contributed by atoms with Crippen molar-refractivity contribution in [1.29, 1.82) is 5.26 Å². The van der Waals surface area contributed by atoms with Gasteiger partial charge in [-0.1, -0.05) is 17.7 Å². The lowest BCUT2D eigenvalue weighted by Gasteiger charge is -2.35. The smallest absolute Gasteiger partial charge is 0.356 e. The van der Waals surface area contributed by atoms with Crippen LogP contribution in [0.2, 0.25) is 5.15 Å². The summed E-state index contributed by atoms with van der Waals surface area (Å²) in [5.74, 6) is -4.76. The molecule has 1 saturated heterocycles. The fraction of sp³-hybridized carbons (Fsp3) is 0.407. The number of carboxylic acids is 1. The second-order valence-corrected chi connectivity index (χ2v) is 10.6. The maximum absolute atomic E-state index is 13.3. The van der Waals surface area contributed by atoms with Gasteiger partial charge in [-0.05, 0) is 37.6 Å². The Morgan fingerprint density at radius 3 is 2.55 bits per heavy atom. The molecule has 1 aliphatic heterocycles. The van der Waals surface area contributed by atoms with Crippen LogP contribution >= 0.6 is 11.6 Å². The van der Waals surface area contributed by atoms with Crippen molar-refractivity contribution in [3.8, 4) is 6.07 Å². The summed E-state index contributed by atoms with van der Waals surface area (Å²) in [4.78, 5) is 41.0. The first-order valence-electron chi connectivity index (χ1n) is 12.8. The van der Waals surface area contributed by atoms with Gasteiger partial charge in [-0.25, -0.2) is 28.5 Å². The van der Waals surface area contributed by atoms with Crippen LogP contribution in [0, 0.1) is 24.2 Å². The van der Waals surface area contributed by atoms with E-state index in [1.165, 1.54) is 6.07 Å². The number of halogens is 3. The van der Waals surface area contributed by atoms with Crippen LogP contribution in [0.15, 0.2) is 24.3 Å². The first kappa shape index (κ1) is 27.5. The third-order valence-corrected chi connectivity index (χ3v) is 7.45. The molecule has 208 valence electrons. The van der Waals surface area contributed by atoms with Crippen molar-refractivity contribution in [3.05, 3.63) is 51.9 Å². The number of aromatic nitrogens is 3. The maximum Gasteiger partial charge on any atom is 0.356 e. The van der Waals surface area contributed by atoms with Gasteiger partial charge < -0.3 is 20.2 Å². The number of aryl methyl sites for hydroxylation is 1. The molecule has 3 heterocycles. The molecule has 2 unspecified atom stereocenters. The first-order valence-corrected chi connectivity index (χ1v) is 13.1. The van der Waals surface area contributed by atoms with Crippen molar-refractivity contribution in [3.63, 3.8) is 0 Å². The molecule has 1 aromatic carbocycles. The number of nitrogens with one attached hydrogen (secondary N) is 1. The molecule has 2 N–H and O–H groups in total. The maximum atomic E-state index is 13.3. The molecule has 13 heteroatoms. The van der Waals surface area contributed by atoms with Crippen molar-refractivity contribution < 1.29 is 23.5 Å². The summed E-state index contributed by atoms with van der Waals surface area (Å²) in [7, 11) is 0. The van der Waals surface area contributed by atoms with Crippen LogP contribution in [-0.4, -0.2) is 68.9 Å². The second-order valence-electron chi connectivity index (χ2n) is 10.2. The Morgan fingerprint density at radius 2 is 1.93 bits per heavy atom. The predicted molar refractivity (Wildman–Crippen MR) is 144 cm³/mol. The highest BCUT2D eigenvalue weighted by Crippen LogP contribution is 2.50. The minimum Gasteiger partial charge on any atom is -0.476 e. The fourth-order valence-electron chi connectivity index (χ4n) is 4.97. The average Bonchev–Trinajstić information content (AvgIpc) is 3.53. The van der Waals surface area contributed by atoms with E-state index in [2.05, 4.69) is 21.4 Å². The van der Waals surface area contributed by atoms with Crippen molar-refractivity contribution >= 4 is 46.0 Å². The summed E-state index contributed by atoms with van der Waals surface area (Å²) in [5.41, 5.74) is 2.86. The molecule has 0 spiro atoms. The highest BCUT2D eigenvalue weighted by molar-refractivity contribution is 6.29. The number of hydrogen-bond donors (Lipinski definition) is 2. The molecule has 2 aromatic heterocycles. The van der Waals surface area contributed by atoms with E-state index in [0.29, 0.717) is 43.0 Å². The molecule has 2 fully saturated rings. The third-order valence-electron chi connectivity index (χ3n) is 7.24. The Morgan fingerprint density at radius 1 is 1.23 bits per heavy atom. The van der Waals surface area contributed by atoms with E-state index in [-0.39, 0.29) is 41.0 Å². The van der Waals surface area contributed by atoms with E-state index in [0.717, 1.165) is 11.1 Å². The molecule has 0 bridgehead atoms. The van der Waals surface area contributed by atoms with Gasteiger partial charge in [0.25, 0.3) is 5.92 Å². The van der Waals surface area contributed by atoms with E-state index < -0.39 is 23.9 Å². The second kappa shape index (κ2) is 10.5. The fourth-order valence-corrected chi connectivity index (χ4v) is 5.12. The Labute approximate surface area is 233 Å². The lowest BCUT2D eigenvalue weighted by molar-refractivity contribution is -0.132. The molecule has 1 aliphatic carbocycles. The van der Waals surface area contributed by atoms with Crippen LogP contribution in [0.3, 0.4) is 0 Å². The molecular weight excluding hydrogens is 544 g/mol. The zero-order chi connectivity index (χ0) is 28.8. The van der Waals surface area contributed by atoms with Gasteiger partial charge in [-0.2, -0.15) is 5.26 Å². The zero-order valence-electron chi connectivity index (χ0n) is 21.8. The number of carboxylic acid groups (broad SMARTS) is 1. The van der Waals surface area contributed by atoms with Gasteiger partial charge in [0.05, 0.1) is 22.8 Å². The molecule has 0 radical (unpaired) electrons. The van der Waals surface area contributed by atoms with Gasteiger partial charge in [0.15, 0.2) is 17.2 Å². The molecule has 5 rings (SSSR count). The molecule has 3 aromatic rings. The number of nitriles is 1. The SMILES string of the molecule is Cc1cc(C(C)Nc2ccc(Cl)nc2C(=O)O)c2nc(N3CCN(C(=O)CC4CC4(F)F)CC3)c(C#N)nc2c1. The number of alkyl halides is 2. The number of pyridine rings is 1. The number of fused-ring (bicyclic) bond motifs is 1. The van der Waals surface area contributed by atoms with Crippen LogP contribution < -0.4 is 10.2 Å². The van der Waals surface area contributed by atoms with Gasteiger partial charge in [0.1, 0.15) is 11.2 Å². The number of carbonyl (C=O) groups excluding carboxylic acids is 1. The van der Waals surface area contributed by atoms with E-state index in [1.54, 1.807) is 11.0 Å². The van der Waals surface area contributed by atoms with Crippen molar-refractivity contribution in [2.24, 2.45) is 5.92 Å². The Hall–Kier alpha value is -4.11. The lowest BCUT2D eigenvalue weighted by atomic mass is 10.0. The van der Waals surface area contributed by atoms with Crippen LogP contribution in [-0.2, 0) is 4.79 Å². The van der Waals surface area contributed by atoms with Crippen LogP contribution in [0.1, 0.15) is 53.1 Å². The number of hydrogen-bond acceptors (Lipinski definition) is 8. The molecular formula is C27H26ClF2N7O3. The van der Waals surface area contributed by atoms with E-state index >= 15 is 0 Å². The summed E-state index contributed by atoms with van der Waals surface area (Å²) < 4.78 is 26.5. The Kier molecular flexibility index (Phi) is 7.18. The van der Waals surface area contributed by atoms with Crippen molar-refractivity contribution in [1.82, 2.24) is 19.9 Å². The minimum absolute atomic E-state index is 0.0587. The summed E-state index contributed by atoms with van der Waals surface area (Å²) >= 11 is 5.89. The predicted octanol–water partition coefficient (Wildman–Crippen LogP) is 4.42. The van der Waals surface area contributed by atoms with E-state index in [9.17, 15) is 28.7 Å². The van der Waals surface area contributed by atoms with Gasteiger partial charge in [0, 0.05) is 50.5 Å². The monoisotopic (exact) mass is 569 g/mol. The first-order chi connectivity index (χ1) is 19.0. The molecule has 2 aliphatic rings. The number of nitrogens with zero attached hydrogens (tertiary/aromatic N) is 6. The number of carbonyl (C=O) groups is 2. The summed E-state index contributed by atoms with van der Waals surface area (Å²) in [6, 6.07) is 8.47. The number of amides is 1. The van der Waals surface area contributed by atoms with Crippen molar-refractivity contribution in [2.45, 2.75) is 38.7 Å². The minimum atomic E-state index is -2.73. The summed E-state index contributed by atoms with van der Waals surface area (Å²) in [6.07, 6.45) is -0.398. The molecule has 2 atom stereocenters. The van der Waals surface area contributed by atoms with Crippen LogP contribution in [0.25, 0.3) is 11.0 Å². The highest BCUT2D eigenvalue weighted by Gasteiger charge is 2.57. The van der Waals surface area contributed by atoms with Gasteiger partial charge in [0.2, 0.25) is 5.91 Å². The largest absolute Gasteiger partial charge is 0.476 e. The number of anilines is 2. The zero-order valence-corrected chi connectivity index (χ0v) is 22.5. The Bertz CT molecular complexity index is 1550. The summed E-state index contributed by atoms with van der Waals surface area (Å²) in [6.45, 7) is 5.12. The summed E-state index contributed by atoms with van der Waals surface area (Å²) in [5, 5.41) is 22.7. The number of rotatable bonds is 7. The van der Waals surface area contributed by atoms with E-state index in [1.807, 2.05) is 30.9 Å². The molecule has 10 nitrogen and oxygen atoms in total. The van der Waals surface area contributed by atoms with Gasteiger partial charge in [-0.3, -0.25) is 4.79 Å². The van der Waals surface area contributed by atoms with Gasteiger partial charge >= 0.3 is 5.97 Å². The quantitative estimate of drug-likeness (QED) is 0.396. The highest BCUT2D eigenvalue weighted by atomic mass is 35.5. The molecule has 40 heavy (non-hydrogen) atoms. The standard InChI is InChI=1S/C27H26ClF2N7O3/c1-14-9-17(15(2)32-18-3-4-21(28)34-24(18)26(39)40)23-19(10-14)33-20(13-31)25(35-23)37-7-5-36(6-8-37)22(38)11-16-12-27(16,29)30/h3-4,9-10,15-16,32H,5-8,11-12H2,1-2H3,(H,39,40). The molecule has 1 amide bonds. The lowest BCUT2D eigenvalue weighted by Crippen LogP contribution is -2.49. The van der Waals surface area contributed by atoms with Crippen molar-refractivity contribution in [2.75, 3.05) is 36.4 Å². The normalized spacial score (nSPS) is 18.8. The number of aromatic carboxylic acids is 1. The number of piperazine rings is 1. The Balaban J connectivity index is 1.41. The number of benzene rings is 1. The van der Waals surface area contributed by atoms with E-state index in [4.69, 9.17) is 16.6 Å². The van der Waals surface area contributed by atoms with Crippen LogP contribution in [0.5, 0.6) is 0 Å². The topological polar surface area (TPSA) is 135 Å².